The van der Waals surface area contributed by atoms with Crippen LogP contribution < -0.4 is 0 Å². The molecule has 0 spiro atoms. The molecule has 0 atom stereocenters. The Labute approximate surface area is 292 Å². The van der Waals surface area contributed by atoms with Gasteiger partial charge in [-0.15, -0.1) is 11.3 Å². The first-order valence-corrected chi connectivity index (χ1v) is 17.4. The lowest BCUT2D eigenvalue weighted by Gasteiger charge is -2.11. The molecule has 0 radical (unpaired) electrons. The summed E-state index contributed by atoms with van der Waals surface area (Å²) in [7, 11) is 0. The van der Waals surface area contributed by atoms with Crippen LogP contribution in [0.4, 0.5) is 0 Å². The maximum Gasteiger partial charge on any atom is 0.164 e. The predicted molar refractivity (Wildman–Crippen MR) is 207 cm³/mol. The van der Waals surface area contributed by atoms with Crippen molar-refractivity contribution in [1.29, 1.82) is 0 Å². The number of hydrogen-bond acceptors (Lipinski definition) is 5. The summed E-state index contributed by atoms with van der Waals surface area (Å²) in [5, 5.41) is 4.75. The molecule has 10 rings (SSSR count). The van der Waals surface area contributed by atoms with Crippen LogP contribution in [0.5, 0.6) is 0 Å². The van der Waals surface area contributed by atoms with Crippen molar-refractivity contribution in [3.63, 3.8) is 0 Å². The second-order valence-corrected chi connectivity index (χ2v) is 13.5. The molecule has 0 saturated carbocycles. The Morgan fingerprint density at radius 3 is 1.58 bits per heavy atom. The van der Waals surface area contributed by atoms with Gasteiger partial charge in [-0.05, 0) is 64.7 Å². The fraction of sp³-hybridized carbons (Fsp3) is 0. The average molecular weight is 658 g/mol. The zero-order valence-electron chi connectivity index (χ0n) is 26.7. The fourth-order valence-corrected chi connectivity index (χ4v) is 7.99. The quantitative estimate of drug-likeness (QED) is 0.185. The van der Waals surface area contributed by atoms with E-state index in [4.69, 9.17) is 19.4 Å². The van der Waals surface area contributed by atoms with Crippen molar-refractivity contribution >= 4 is 53.4 Å². The molecular weight excluding hydrogens is 631 g/mol. The van der Waals surface area contributed by atoms with E-state index in [1.807, 2.05) is 41.7 Å². The molecule has 4 nitrogen and oxygen atoms in total. The van der Waals surface area contributed by atoms with E-state index in [0.717, 1.165) is 60.9 Å². The summed E-state index contributed by atoms with van der Waals surface area (Å²) in [5.74, 6) is 1.82. The Morgan fingerprint density at radius 1 is 0.320 bits per heavy atom. The Hall–Kier alpha value is -6.43. The highest BCUT2D eigenvalue weighted by atomic mass is 32.1. The molecule has 3 heterocycles. The summed E-state index contributed by atoms with van der Waals surface area (Å²) in [5.41, 5.74) is 8.90. The monoisotopic (exact) mass is 657 g/mol. The van der Waals surface area contributed by atoms with Gasteiger partial charge in [0.2, 0.25) is 0 Å². The number of benzene rings is 7. The van der Waals surface area contributed by atoms with Crippen LogP contribution in [0, 0.1) is 0 Å². The van der Waals surface area contributed by atoms with Crippen LogP contribution in [0.3, 0.4) is 0 Å². The largest absolute Gasteiger partial charge is 0.456 e. The Morgan fingerprint density at radius 2 is 0.820 bits per heavy atom. The van der Waals surface area contributed by atoms with Crippen molar-refractivity contribution in [3.8, 4) is 56.4 Å². The summed E-state index contributed by atoms with van der Waals surface area (Å²) in [6.45, 7) is 0. The van der Waals surface area contributed by atoms with Crippen molar-refractivity contribution < 1.29 is 4.42 Å². The van der Waals surface area contributed by atoms with Crippen LogP contribution in [0.2, 0.25) is 0 Å². The smallest absolute Gasteiger partial charge is 0.164 e. The average Bonchev–Trinajstić information content (AvgIpc) is 3.76. The third-order valence-electron chi connectivity index (χ3n) is 9.33. The van der Waals surface area contributed by atoms with Gasteiger partial charge in [0, 0.05) is 47.6 Å². The fourth-order valence-electron chi connectivity index (χ4n) is 6.84. The van der Waals surface area contributed by atoms with E-state index in [1.165, 1.54) is 20.2 Å². The van der Waals surface area contributed by atoms with Gasteiger partial charge in [-0.1, -0.05) is 121 Å². The lowest BCUT2D eigenvalue weighted by Crippen LogP contribution is -2.00. The minimum absolute atomic E-state index is 0.592. The number of thiophene rings is 1. The molecule has 0 unspecified atom stereocenters. The van der Waals surface area contributed by atoms with Crippen LogP contribution in [0.25, 0.3) is 98.5 Å². The number of aromatic nitrogens is 3. The van der Waals surface area contributed by atoms with E-state index in [2.05, 4.69) is 133 Å². The Balaban J connectivity index is 1.12. The van der Waals surface area contributed by atoms with Gasteiger partial charge in [-0.2, -0.15) is 0 Å². The molecule has 50 heavy (non-hydrogen) atoms. The van der Waals surface area contributed by atoms with Crippen LogP contribution >= 0.6 is 11.3 Å². The molecule has 234 valence electrons. The van der Waals surface area contributed by atoms with Gasteiger partial charge in [-0.25, -0.2) is 15.0 Å². The molecule has 5 heteroatoms. The van der Waals surface area contributed by atoms with Gasteiger partial charge < -0.3 is 4.42 Å². The molecule has 0 aliphatic heterocycles. The maximum atomic E-state index is 6.25. The normalized spacial score (nSPS) is 11.6. The zero-order chi connectivity index (χ0) is 33.0. The molecule has 0 fully saturated rings. The first kappa shape index (κ1) is 28.6. The summed E-state index contributed by atoms with van der Waals surface area (Å²) in [6, 6.07) is 56.9. The molecular formula is C45H27N3OS. The van der Waals surface area contributed by atoms with Gasteiger partial charge in [0.25, 0.3) is 0 Å². The molecule has 0 amide bonds. The van der Waals surface area contributed by atoms with Crippen molar-refractivity contribution in [2.45, 2.75) is 0 Å². The highest BCUT2D eigenvalue weighted by Crippen LogP contribution is 2.38. The Bertz CT molecular complexity index is 2890. The highest BCUT2D eigenvalue weighted by molar-refractivity contribution is 7.25. The SMILES string of the molecule is c1ccc(-c2cccc(-c3nc(-c4cccc(-c5ccc6c(c5)sc5ccccc56)c4)nc(-c4ccc5c(c4)oc4ccccc45)n3)c2)cc1. The molecule has 0 aliphatic rings. The van der Waals surface area contributed by atoms with Crippen LogP contribution in [-0.4, -0.2) is 15.0 Å². The lowest BCUT2D eigenvalue weighted by atomic mass is 10.0. The molecule has 0 bridgehead atoms. The second kappa shape index (κ2) is 11.6. The minimum Gasteiger partial charge on any atom is -0.456 e. The number of hydrogen-bond donors (Lipinski definition) is 0. The lowest BCUT2D eigenvalue weighted by molar-refractivity contribution is 0.669. The number of rotatable bonds is 5. The van der Waals surface area contributed by atoms with E-state index in [-0.39, 0.29) is 0 Å². The summed E-state index contributed by atoms with van der Waals surface area (Å²) >= 11 is 1.83. The van der Waals surface area contributed by atoms with Crippen molar-refractivity contribution in [1.82, 2.24) is 15.0 Å². The van der Waals surface area contributed by atoms with Crippen molar-refractivity contribution in [2.24, 2.45) is 0 Å². The molecule has 3 aromatic heterocycles. The highest BCUT2D eigenvalue weighted by Gasteiger charge is 2.16. The van der Waals surface area contributed by atoms with E-state index in [1.54, 1.807) is 0 Å². The maximum absolute atomic E-state index is 6.25. The van der Waals surface area contributed by atoms with Crippen LogP contribution in [0.1, 0.15) is 0 Å². The van der Waals surface area contributed by atoms with E-state index in [0.29, 0.717) is 17.5 Å². The molecule has 0 N–H and O–H groups in total. The standard InChI is InChI=1S/C45H27N3OS/c1-2-10-28(11-3-1)29-12-8-14-32(24-29)43-46-44(48-45(47-43)34-21-22-36-35-16-4-6-18-39(35)49-40(36)26-34)33-15-9-13-30(25-33)31-20-23-38-37-17-5-7-19-41(37)50-42(38)27-31/h1-27H. The number of para-hydroxylation sites is 1. The zero-order valence-corrected chi connectivity index (χ0v) is 27.6. The van der Waals surface area contributed by atoms with E-state index >= 15 is 0 Å². The van der Waals surface area contributed by atoms with Crippen LogP contribution in [0.15, 0.2) is 168 Å². The predicted octanol–water partition coefficient (Wildman–Crippen LogP) is 12.5. The second-order valence-electron chi connectivity index (χ2n) is 12.5. The summed E-state index contributed by atoms with van der Waals surface area (Å²) in [6.07, 6.45) is 0. The first-order valence-electron chi connectivity index (χ1n) is 16.6. The molecule has 7 aromatic carbocycles. The van der Waals surface area contributed by atoms with Gasteiger partial charge in [0.1, 0.15) is 11.2 Å². The third-order valence-corrected chi connectivity index (χ3v) is 10.5. The molecule has 0 saturated heterocycles. The third kappa shape index (κ3) is 4.95. The van der Waals surface area contributed by atoms with Gasteiger partial charge >= 0.3 is 0 Å². The van der Waals surface area contributed by atoms with Crippen molar-refractivity contribution in [2.75, 3.05) is 0 Å². The van der Waals surface area contributed by atoms with E-state index in [9.17, 15) is 0 Å². The van der Waals surface area contributed by atoms with Crippen LogP contribution in [-0.2, 0) is 0 Å². The molecule has 10 aromatic rings. The van der Waals surface area contributed by atoms with Gasteiger partial charge in [0.15, 0.2) is 17.5 Å². The van der Waals surface area contributed by atoms with E-state index < -0.39 is 0 Å². The first-order chi connectivity index (χ1) is 24.7. The van der Waals surface area contributed by atoms with Gasteiger partial charge in [-0.3, -0.25) is 0 Å². The number of furan rings is 1. The van der Waals surface area contributed by atoms with Gasteiger partial charge in [0.05, 0.1) is 0 Å². The summed E-state index contributed by atoms with van der Waals surface area (Å²) < 4.78 is 8.83. The topological polar surface area (TPSA) is 51.8 Å². The van der Waals surface area contributed by atoms with Crippen molar-refractivity contribution in [3.05, 3.63) is 164 Å². The number of nitrogens with zero attached hydrogens (tertiary/aromatic N) is 3. The minimum atomic E-state index is 0.592. The Kier molecular flexibility index (Phi) is 6.64. The molecule has 0 aliphatic carbocycles. The summed E-state index contributed by atoms with van der Waals surface area (Å²) in [4.78, 5) is 15.3. The number of fused-ring (bicyclic) bond motifs is 6.